The first-order valence-corrected chi connectivity index (χ1v) is 2.67. The smallest absolute Gasteiger partial charge is 0.549 e. The summed E-state index contributed by atoms with van der Waals surface area (Å²) >= 11 is 4.67. The van der Waals surface area contributed by atoms with Crippen molar-refractivity contribution in [1.29, 1.82) is 0 Å². The largest absolute Gasteiger partial charge is 1.00 e. The van der Waals surface area contributed by atoms with Crippen LogP contribution in [0.25, 0.3) is 0 Å². The van der Waals surface area contributed by atoms with Crippen LogP contribution in [0.15, 0.2) is 12.7 Å². The Kier molecular flexibility index (Phi) is 18.7. The molecule has 0 fully saturated rings. The molecule has 0 saturated carbocycles. The molecule has 0 aromatic carbocycles. The maximum absolute atomic E-state index is 9.14. The van der Waals surface area contributed by atoms with Gasteiger partial charge in [-0.1, -0.05) is 6.58 Å². The van der Waals surface area contributed by atoms with Gasteiger partial charge >= 0.3 is 17.1 Å². The van der Waals surface area contributed by atoms with Crippen LogP contribution in [0.3, 0.4) is 0 Å². The maximum atomic E-state index is 9.14. The molecule has 0 saturated heterocycles. The van der Waals surface area contributed by atoms with Crippen molar-refractivity contribution >= 4 is 23.5 Å². The molecular formula is C5H5ClCuO4-. The molecule has 68 valence electrons. The number of hydrogen-bond donors (Lipinski definition) is 0. The molecule has 0 rings (SSSR count). The first-order valence-electron chi connectivity index (χ1n) is 2.13. The Morgan fingerprint density at radius 2 is 1.64 bits per heavy atom. The summed E-state index contributed by atoms with van der Waals surface area (Å²) in [5, 5.41) is 18.3. The molecule has 0 amide bonds. The molecule has 0 aromatic rings. The van der Waals surface area contributed by atoms with Crippen molar-refractivity contribution < 1.29 is 36.9 Å². The van der Waals surface area contributed by atoms with Crippen LogP contribution in [-0.4, -0.2) is 17.8 Å². The molecule has 0 N–H and O–H groups in total. The summed E-state index contributed by atoms with van der Waals surface area (Å²) < 4.78 is 0. The minimum atomic E-state index is -1.23. The molecular weight excluding hydrogens is 223 g/mol. The molecule has 6 heteroatoms. The van der Waals surface area contributed by atoms with Crippen LogP contribution in [0.1, 0.15) is 0 Å². The fourth-order valence-corrected chi connectivity index (χ4v) is 0. The minimum Gasteiger partial charge on any atom is -0.549 e. The van der Waals surface area contributed by atoms with Crippen LogP contribution >= 0.6 is 11.6 Å². The van der Waals surface area contributed by atoms with Crippen molar-refractivity contribution in [2.45, 2.75) is 0 Å². The second kappa shape index (κ2) is 12.2. The molecule has 0 spiro atoms. The van der Waals surface area contributed by atoms with Gasteiger partial charge in [0, 0.05) is 0 Å². The Hall–Kier alpha value is -0.511. The Labute approximate surface area is 79.3 Å². The molecule has 4 nitrogen and oxygen atoms in total. The van der Waals surface area contributed by atoms with Gasteiger partial charge in [0.2, 0.25) is 0 Å². The third-order valence-electron chi connectivity index (χ3n) is 0.276. The van der Waals surface area contributed by atoms with Gasteiger partial charge in [0.25, 0.3) is 0 Å². The van der Waals surface area contributed by atoms with E-state index in [9.17, 15) is 0 Å². The number of carboxylic acids is 2. The van der Waals surface area contributed by atoms with Crippen LogP contribution in [0.5, 0.6) is 0 Å². The van der Waals surface area contributed by atoms with E-state index >= 15 is 0 Å². The summed E-state index contributed by atoms with van der Waals surface area (Å²) in [6, 6.07) is 0. The maximum Gasteiger partial charge on any atom is 1.00 e. The average Bonchev–Trinajstić information content (AvgIpc) is 1.89. The fraction of sp³-hybridized carbons (Fsp3) is 0.200. The normalized spacial score (nSPS) is 6.27. The van der Waals surface area contributed by atoms with Gasteiger partial charge in [-0.3, -0.25) is 0 Å². The van der Waals surface area contributed by atoms with Gasteiger partial charge in [-0.25, -0.2) is 0 Å². The predicted octanol–water partition coefficient (Wildman–Crippen LogP) is -2.11. The van der Waals surface area contributed by atoms with Gasteiger partial charge in [-0.05, 0) is 6.08 Å². The number of carbonyl (C=O) groups is 2. The number of rotatable bonds is 2. The molecule has 0 aliphatic rings. The van der Waals surface area contributed by atoms with Crippen LogP contribution in [0.2, 0.25) is 0 Å². The molecule has 11 heavy (non-hydrogen) atoms. The number of hydrogen-bond acceptors (Lipinski definition) is 4. The van der Waals surface area contributed by atoms with Crippen molar-refractivity contribution in [3.8, 4) is 0 Å². The second-order valence-electron chi connectivity index (χ2n) is 1.03. The molecule has 0 unspecified atom stereocenters. The van der Waals surface area contributed by atoms with Crippen LogP contribution < -0.4 is 10.2 Å². The third kappa shape index (κ3) is 43.7. The first kappa shape index (κ1) is 16.8. The summed E-state index contributed by atoms with van der Waals surface area (Å²) in [5.41, 5.74) is 0. The molecule has 0 aromatic heterocycles. The van der Waals surface area contributed by atoms with Gasteiger partial charge in [-0.15, -0.1) is 11.6 Å². The van der Waals surface area contributed by atoms with Gasteiger partial charge < -0.3 is 19.8 Å². The quantitative estimate of drug-likeness (QED) is 0.308. The van der Waals surface area contributed by atoms with Crippen LogP contribution in [0, 0.1) is 0 Å². The summed E-state index contributed by atoms with van der Waals surface area (Å²) in [5.74, 6) is -2.88. The minimum absolute atomic E-state index is 0. The van der Waals surface area contributed by atoms with E-state index in [4.69, 9.17) is 19.8 Å². The summed E-state index contributed by atoms with van der Waals surface area (Å²) in [4.78, 5) is 18.3. The van der Waals surface area contributed by atoms with Crippen molar-refractivity contribution in [2.75, 3.05) is 5.88 Å². The number of alkyl halides is 1. The number of halogens is 1. The van der Waals surface area contributed by atoms with Gasteiger partial charge in [-0.2, -0.15) is 0 Å². The number of aliphatic carboxylic acids is 2. The second-order valence-corrected chi connectivity index (χ2v) is 1.30. The standard InChI is InChI=1S/C3H4O2.C2H3ClO2.Cu/c1-2-3(4)5;3-1-2(4)5;/h2H,1H2,(H,4,5);1H2,(H,4,5);/q;;+1/p-2. The number of carboxylic acid groups (broad SMARTS) is 2. The monoisotopic (exact) mass is 227 g/mol. The molecule has 0 heterocycles. The number of carbonyl (C=O) groups excluding carboxylic acids is 2. The Morgan fingerprint density at radius 1 is 1.45 bits per heavy atom. The fourth-order valence-electron chi connectivity index (χ4n) is 0. The molecule has 0 atom stereocenters. The molecule has 0 bridgehead atoms. The van der Waals surface area contributed by atoms with Crippen molar-refractivity contribution in [3.05, 3.63) is 12.7 Å². The van der Waals surface area contributed by atoms with Gasteiger partial charge in [0.15, 0.2) is 0 Å². The summed E-state index contributed by atoms with van der Waals surface area (Å²) in [7, 11) is 0. The Morgan fingerprint density at radius 3 is 1.64 bits per heavy atom. The Bertz CT molecular complexity index is 136. The van der Waals surface area contributed by atoms with Crippen LogP contribution in [0.4, 0.5) is 0 Å². The summed E-state index contributed by atoms with van der Waals surface area (Å²) in [6.07, 6.45) is 0.722. The average molecular weight is 228 g/mol. The van der Waals surface area contributed by atoms with Crippen LogP contribution in [-0.2, 0) is 26.7 Å². The predicted molar refractivity (Wildman–Crippen MR) is 30.9 cm³/mol. The van der Waals surface area contributed by atoms with Crippen molar-refractivity contribution in [3.63, 3.8) is 0 Å². The van der Waals surface area contributed by atoms with E-state index in [0.717, 1.165) is 6.08 Å². The van der Waals surface area contributed by atoms with E-state index in [1.165, 1.54) is 0 Å². The van der Waals surface area contributed by atoms with Gasteiger partial charge in [0.1, 0.15) is 0 Å². The molecule has 0 aliphatic carbocycles. The third-order valence-corrected chi connectivity index (χ3v) is 0.494. The van der Waals surface area contributed by atoms with E-state index < -0.39 is 17.8 Å². The van der Waals surface area contributed by atoms with E-state index in [2.05, 4.69) is 18.2 Å². The van der Waals surface area contributed by atoms with Crippen molar-refractivity contribution in [2.24, 2.45) is 0 Å². The zero-order chi connectivity index (χ0) is 8.57. The SMILES string of the molecule is C=CC(=O)[O-].O=C([O-])CCl.[Cu+]. The zero-order valence-electron chi connectivity index (χ0n) is 5.30. The Balaban J connectivity index is -0.000000107. The first-order chi connectivity index (χ1) is 4.54. The van der Waals surface area contributed by atoms with E-state index in [1.54, 1.807) is 0 Å². The molecule has 0 radical (unpaired) electrons. The topological polar surface area (TPSA) is 80.3 Å². The molecule has 0 aliphatic heterocycles. The summed E-state index contributed by atoms with van der Waals surface area (Å²) in [6.45, 7) is 2.90. The van der Waals surface area contributed by atoms with E-state index in [1.807, 2.05) is 0 Å². The van der Waals surface area contributed by atoms with E-state index in [0.29, 0.717) is 0 Å². The van der Waals surface area contributed by atoms with Gasteiger partial charge in [0.05, 0.1) is 17.8 Å². The van der Waals surface area contributed by atoms with Crippen molar-refractivity contribution in [1.82, 2.24) is 0 Å². The van der Waals surface area contributed by atoms with E-state index in [-0.39, 0.29) is 17.1 Å². The zero-order valence-corrected chi connectivity index (χ0v) is 7.00.